The maximum absolute atomic E-state index is 15.0. The van der Waals surface area contributed by atoms with Crippen molar-refractivity contribution in [2.75, 3.05) is 115 Å². The monoisotopic (exact) mass is 1490 g/mol. The summed E-state index contributed by atoms with van der Waals surface area (Å²) in [6, 6.07) is 28.7. The van der Waals surface area contributed by atoms with Crippen molar-refractivity contribution >= 4 is 74.1 Å². The van der Waals surface area contributed by atoms with E-state index in [1.807, 2.05) is 55.0 Å². The molecule has 3 atom stereocenters. The number of benzene rings is 3. The second kappa shape index (κ2) is 33.5. The zero-order chi connectivity index (χ0) is 75.2. The molecule has 3 saturated heterocycles. The number of nitrogen functional groups attached to an aromatic ring is 1. The summed E-state index contributed by atoms with van der Waals surface area (Å²) in [6.45, 7) is 32.8. The van der Waals surface area contributed by atoms with E-state index >= 15 is 0 Å². The fraction of sp³-hybridized carbons (Fsp3) is 0.407. The number of aromatic nitrogens is 15. The number of fused-ring (bicyclic) bond motifs is 9. The van der Waals surface area contributed by atoms with Crippen LogP contribution in [0.3, 0.4) is 0 Å². The van der Waals surface area contributed by atoms with Crippen molar-refractivity contribution in [3.05, 3.63) is 185 Å². The maximum Gasteiger partial charge on any atom is 0.228 e. The third-order valence-electron chi connectivity index (χ3n) is 21.9. The van der Waals surface area contributed by atoms with Gasteiger partial charge in [-0.15, -0.1) is 0 Å². The molecule has 6 aliphatic rings. The Kier molecular flexibility index (Phi) is 22.9. The van der Waals surface area contributed by atoms with Gasteiger partial charge in [0.15, 0.2) is 17.5 Å². The van der Waals surface area contributed by atoms with Crippen molar-refractivity contribution in [2.45, 2.75) is 118 Å². The summed E-state index contributed by atoms with van der Waals surface area (Å²) in [7, 11) is 0. The largest absolute Gasteiger partial charge is 0.384 e. The number of nitrogens with two attached hydrogens (primary N) is 1. The van der Waals surface area contributed by atoms with Gasteiger partial charge in [-0.3, -0.25) is 14.7 Å². The quantitative estimate of drug-likeness (QED) is 0.0762. The van der Waals surface area contributed by atoms with Gasteiger partial charge < -0.3 is 44.8 Å². The molecular formula is C81H94ClF3N24. The van der Waals surface area contributed by atoms with Crippen molar-refractivity contribution in [2.24, 2.45) is 0 Å². The number of anilines is 5. The van der Waals surface area contributed by atoms with Gasteiger partial charge in [-0.1, -0.05) is 39.0 Å². The number of halogens is 4. The molecule has 9 aromatic heterocycles. The van der Waals surface area contributed by atoms with Gasteiger partial charge in [0.1, 0.15) is 51.5 Å². The number of likely N-dealkylation sites (N-methyl/N-ethyl adjacent to an activating group) is 3. The van der Waals surface area contributed by atoms with Gasteiger partial charge >= 0.3 is 0 Å². The van der Waals surface area contributed by atoms with Crippen LogP contribution in [-0.4, -0.2) is 201 Å². The highest BCUT2D eigenvalue weighted by atomic mass is 35.5. The number of rotatable bonds is 16. The maximum atomic E-state index is 15.0. The number of nitrogens with zero attached hydrogens (tertiary/aromatic N) is 21. The Bertz CT molecular complexity index is 4910. The van der Waals surface area contributed by atoms with Crippen LogP contribution in [0.1, 0.15) is 113 Å². The van der Waals surface area contributed by atoms with Crippen molar-refractivity contribution in [1.82, 2.24) is 103 Å². The predicted molar refractivity (Wildman–Crippen MR) is 422 cm³/mol. The van der Waals surface area contributed by atoms with Crippen LogP contribution in [0.2, 0.25) is 5.28 Å². The molecule has 109 heavy (non-hydrogen) atoms. The average molecular weight is 1500 g/mol. The van der Waals surface area contributed by atoms with E-state index in [2.05, 4.69) is 173 Å². The normalized spacial score (nSPS) is 18.4. The Morgan fingerprint density at radius 3 is 1.05 bits per heavy atom. The van der Waals surface area contributed by atoms with E-state index in [0.29, 0.717) is 97.8 Å². The van der Waals surface area contributed by atoms with E-state index in [4.69, 9.17) is 17.3 Å². The molecule has 0 aliphatic carbocycles. The molecule has 0 bridgehead atoms. The molecular weight excluding hydrogens is 1400 g/mol. The van der Waals surface area contributed by atoms with Crippen LogP contribution in [0.25, 0.3) is 66.9 Å². The lowest BCUT2D eigenvalue weighted by atomic mass is 10.1. The minimum atomic E-state index is -0.327. The summed E-state index contributed by atoms with van der Waals surface area (Å²) in [4.78, 5) is 67.6. The van der Waals surface area contributed by atoms with Crippen LogP contribution >= 0.6 is 11.6 Å². The topological polar surface area (TPSA) is 239 Å². The first-order valence-corrected chi connectivity index (χ1v) is 38.7. The van der Waals surface area contributed by atoms with E-state index in [1.165, 1.54) is 48.0 Å². The molecule has 0 radical (unpaired) electrons. The minimum absolute atomic E-state index is 0.153. The number of nitrogens with one attached hydrogen (secondary N) is 2. The van der Waals surface area contributed by atoms with Gasteiger partial charge in [-0.25, -0.2) is 73.0 Å². The molecule has 18 rings (SSSR count). The first kappa shape index (κ1) is 74.5. The fourth-order valence-corrected chi connectivity index (χ4v) is 15.8. The Labute approximate surface area is 638 Å². The zero-order valence-corrected chi connectivity index (χ0v) is 63.6. The van der Waals surface area contributed by atoms with Crippen LogP contribution in [0, 0.1) is 17.5 Å². The molecule has 3 unspecified atom stereocenters. The summed E-state index contributed by atoms with van der Waals surface area (Å²) in [5.41, 5.74) is 17.0. The van der Waals surface area contributed by atoms with Gasteiger partial charge in [0.2, 0.25) is 17.2 Å². The second-order valence-electron chi connectivity index (χ2n) is 29.2. The number of hydrogen-bond acceptors (Lipinski definition) is 21. The minimum Gasteiger partial charge on any atom is -0.384 e. The number of piperazine rings is 3. The molecule has 15 heterocycles. The molecule has 6 aliphatic heterocycles. The molecule has 12 aromatic rings. The van der Waals surface area contributed by atoms with Crippen molar-refractivity contribution in [3.63, 3.8) is 0 Å². The Hall–Kier alpha value is -10.0. The lowest BCUT2D eigenvalue weighted by Crippen LogP contribution is -2.45. The molecule has 3 aromatic carbocycles. The Morgan fingerprint density at radius 2 is 0.725 bits per heavy atom. The summed E-state index contributed by atoms with van der Waals surface area (Å²) >= 11 is 5.82. The molecule has 566 valence electrons. The smallest absolute Gasteiger partial charge is 0.228 e. The average Bonchev–Trinajstić information content (AvgIpc) is 1.61. The van der Waals surface area contributed by atoms with Crippen LogP contribution in [0.4, 0.5) is 42.5 Å². The van der Waals surface area contributed by atoms with Gasteiger partial charge in [0, 0.05) is 189 Å². The second-order valence-corrected chi connectivity index (χ2v) is 29.5. The Morgan fingerprint density at radius 1 is 0.394 bits per heavy atom. The molecule has 3 fully saturated rings. The third-order valence-corrected chi connectivity index (χ3v) is 22.1. The lowest BCUT2D eigenvalue weighted by Gasteiger charge is -2.33. The lowest BCUT2D eigenvalue weighted by molar-refractivity contribution is 0.132. The summed E-state index contributed by atoms with van der Waals surface area (Å²) in [5.74, 6) is 4.70. The third kappa shape index (κ3) is 17.2. The first-order valence-electron chi connectivity index (χ1n) is 38.3. The summed E-state index contributed by atoms with van der Waals surface area (Å²) in [5, 5.41) is 6.53. The highest BCUT2D eigenvalue weighted by molar-refractivity contribution is 6.28. The molecule has 24 nitrogen and oxygen atoms in total. The van der Waals surface area contributed by atoms with Crippen LogP contribution in [0.15, 0.2) is 128 Å². The van der Waals surface area contributed by atoms with Crippen LogP contribution in [0.5, 0.6) is 0 Å². The van der Waals surface area contributed by atoms with Crippen LogP contribution < -0.4 is 16.4 Å². The molecule has 28 heteroatoms. The SMILES string of the molecule is CC1CCc2nc3c(F)cc(-c4ccnc(Cl)n4)cc3n21.CCN1CCN(Cc2ccc(N)nc2)CC1.CCN1CCN(Cc2ccc(Nc3nccc(-c4cc(F)c5nc6n(c5c4)C(C)CC6)n3)nc2)CC1.CCN1CCN(Cc2ccc(Nc3nccc(-c4cc(F)c5nc6n(c5c4)C(C)CC6)n3)nc2)CC1. The number of hydrogen-bond donors (Lipinski definition) is 3. The van der Waals surface area contributed by atoms with Crippen LogP contribution in [-0.2, 0) is 38.9 Å². The number of aryl methyl sites for hydroxylation is 3. The standard InChI is InChI=1S/2C27H31FN8.C15H12ClFN4.C12H20N4/c2*1-3-34-10-12-35(13-11-34)17-19-5-6-24(30-16-19)32-27-29-9-8-22(31-27)20-14-21(28)26-23(15-20)36-18(2)4-7-25(36)33-26;1-8-2-3-13-20-14-10(17)6-9(7-12(14)21(8)13)11-4-5-18-15(16)19-11;1-2-15-5-7-16(8-6-15)10-11-3-4-12(13)14-9-11/h2*5-6,8-9,14-16,18H,3-4,7,10-13,17H2,1-2H3,(H,29,30,31,32);4-8H,2-3H2,1H3;3-4,9H,2,5-8,10H2,1H3,(H2,13,14). The van der Waals surface area contributed by atoms with Crippen molar-refractivity contribution < 1.29 is 13.2 Å². The summed E-state index contributed by atoms with van der Waals surface area (Å²) < 4.78 is 50.7. The summed E-state index contributed by atoms with van der Waals surface area (Å²) in [6.07, 6.45) is 16.4. The first-order chi connectivity index (χ1) is 53.0. The van der Waals surface area contributed by atoms with E-state index in [1.54, 1.807) is 36.8 Å². The van der Waals surface area contributed by atoms with Crippen molar-refractivity contribution in [1.29, 1.82) is 0 Å². The highest BCUT2D eigenvalue weighted by Gasteiger charge is 2.29. The fourth-order valence-electron chi connectivity index (χ4n) is 15.6. The van der Waals surface area contributed by atoms with Crippen molar-refractivity contribution in [3.8, 4) is 33.8 Å². The van der Waals surface area contributed by atoms with Gasteiger partial charge in [-0.05, 0) is 161 Å². The molecule has 0 spiro atoms. The van der Waals surface area contributed by atoms with Gasteiger partial charge in [0.05, 0.1) is 33.6 Å². The number of imidazole rings is 3. The zero-order valence-electron chi connectivity index (χ0n) is 62.8. The van der Waals surface area contributed by atoms with Gasteiger partial charge in [-0.2, -0.15) is 0 Å². The molecule has 0 amide bonds. The molecule has 4 N–H and O–H groups in total. The number of pyridine rings is 3. The predicted octanol–water partition coefficient (Wildman–Crippen LogP) is 13.4. The highest BCUT2D eigenvalue weighted by Crippen LogP contribution is 2.38. The Balaban J connectivity index is 0.000000121. The molecule has 0 saturated carbocycles. The van der Waals surface area contributed by atoms with Gasteiger partial charge in [0.25, 0.3) is 0 Å². The van der Waals surface area contributed by atoms with E-state index < -0.39 is 0 Å². The van der Waals surface area contributed by atoms with E-state index in [0.717, 1.165) is 177 Å². The van der Waals surface area contributed by atoms with E-state index in [9.17, 15) is 13.2 Å². The van der Waals surface area contributed by atoms with E-state index in [-0.39, 0.29) is 22.7 Å².